The van der Waals surface area contributed by atoms with Crippen LogP contribution in [0.25, 0.3) is 0 Å². The number of carbonyl (C=O) groups excluding carboxylic acids is 1. The summed E-state index contributed by atoms with van der Waals surface area (Å²) in [6.45, 7) is 4.87. The van der Waals surface area contributed by atoms with Crippen molar-refractivity contribution in [2.45, 2.75) is 39.3 Å². The van der Waals surface area contributed by atoms with E-state index in [0.29, 0.717) is 10.7 Å². The van der Waals surface area contributed by atoms with Crippen molar-refractivity contribution in [1.29, 1.82) is 0 Å². The Kier molecular flexibility index (Phi) is 4.27. The zero-order valence-electron chi connectivity index (χ0n) is 12.9. The lowest BCUT2D eigenvalue weighted by Gasteiger charge is -2.27. The molecule has 0 radical (unpaired) electrons. The lowest BCUT2D eigenvalue weighted by Crippen LogP contribution is -2.31. The first-order chi connectivity index (χ1) is 10.6. The number of aryl methyl sites for hydroxylation is 2. The van der Waals surface area contributed by atoms with Crippen LogP contribution in [0.5, 0.6) is 0 Å². The van der Waals surface area contributed by atoms with Crippen molar-refractivity contribution in [3.63, 3.8) is 0 Å². The average molecular weight is 316 g/mol. The highest BCUT2D eigenvalue weighted by molar-refractivity contribution is 7.09. The number of carbonyl (C=O) groups is 1. The van der Waals surface area contributed by atoms with E-state index in [9.17, 15) is 4.79 Å². The third-order valence-corrected chi connectivity index (χ3v) is 5.13. The van der Waals surface area contributed by atoms with Crippen LogP contribution in [0.1, 0.15) is 51.1 Å². The standard InChI is InChI=1S/C17H20N2O2S/c1-11-5-3-6-12(2)16(11)14-7-4-8-19(14)17(21)13-10-22-15(9-20)18-13/h3,5-6,10,14,20H,4,7-9H2,1-2H3. The monoisotopic (exact) mass is 316 g/mol. The summed E-state index contributed by atoms with van der Waals surface area (Å²) in [7, 11) is 0. The third kappa shape index (κ3) is 2.66. The normalized spacial score (nSPS) is 18.0. The van der Waals surface area contributed by atoms with Gasteiger partial charge in [0.25, 0.3) is 5.91 Å². The molecule has 2 heterocycles. The number of nitrogens with zero attached hydrogens (tertiary/aromatic N) is 2. The van der Waals surface area contributed by atoms with Gasteiger partial charge < -0.3 is 10.0 Å². The van der Waals surface area contributed by atoms with Crippen molar-refractivity contribution >= 4 is 17.2 Å². The maximum Gasteiger partial charge on any atom is 0.273 e. The van der Waals surface area contributed by atoms with Crippen molar-refractivity contribution in [2.24, 2.45) is 0 Å². The van der Waals surface area contributed by atoms with Gasteiger partial charge in [-0.3, -0.25) is 4.79 Å². The number of aromatic nitrogens is 1. The first-order valence-corrected chi connectivity index (χ1v) is 8.42. The molecule has 0 saturated carbocycles. The molecular weight excluding hydrogens is 296 g/mol. The molecule has 1 saturated heterocycles. The molecule has 0 aliphatic carbocycles. The number of aliphatic hydroxyl groups is 1. The third-order valence-electron chi connectivity index (χ3n) is 4.30. The fourth-order valence-electron chi connectivity index (χ4n) is 3.29. The Balaban J connectivity index is 1.91. The molecule has 0 bridgehead atoms. The highest BCUT2D eigenvalue weighted by Crippen LogP contribution is 2.36. The number of hydrogen-bond acceptors (Lipinski definition) is 4. The quantitative estimate of drug-likeness (QED) is 0.946. The lowest BCUT2D eigenvalue weighted by atomic mass is 9.94. The van der Waals surface area contributed by atoms with Gasteiger partial charge in [0.05, 0.1) is 12.6 Å². The van der Waals surface area contributed by atoms with Crippen molar-refractivity contribution < 1.29 is 9.90 Å². The van der Waals surface area contributed by atoms with Crippen LogP contribution >= 0.6 is 11.3 Å². The lowest BCUT2D eigenvalue weighted by molar-refractivity contribution is 0.0729. The van der Waals surface area contributed by atoms with Gasteiger partial charge in [0, 0.05) is 11.9 Å². The maximum atomic E-state index is 12.8. The predicted octanol–water partition coefficient (Wildman–Crippen LogP) is 3.23. The van der Waals surface area contributed by atoms with Crippen LogP contribution in [0, 0.1) is 13.8 Å². The first kappa shape index (κ1) is 15.2. The first-order valence-electron chi connectivity index (χ1n) is 7.54. The fraction of sp³-hybridized carbons (Fsp3) is 0.412. The number of benzene rings is 1. The second-order valence-electron chi connectivity index (χ2n) is 5.75. The summed E-state index contributed by atoms with van der Waals surface area (Å²) in [5.74, 6) is -0.0268. The van der Waals surface area contributed by atoms with Crippen molar-refractivity contribution in [3.8, 4) is 0 Å². The van der Waals surface area contributed by atoms with E-state index in [1.165, 1.54) is 28.0 Å². The van der Waals surface area contributed by atoms with Crippen LogP contribution in [0.4, 0.5) is 0 Å². The van der Waals surface area contributed by atoms with E-state index in [1.54, 1.807) is 5.38 Å². The Labute approximate surface area is 134 Å². The summed E-state index contributed by atoms with van der Waals surface area (Å²) in [5.41, 5.74) is 4.19. The van der Waals surface area contributed by atoms with Gasteiger partial charge in [-0.25, -0.2) is 4.98 Å². The topological polar surface area (TPSA) is 53.4 Å². The van der Waals surface area contributed by atoms with Crippen LogP contribution in [0.15, 0.2) is 23.6 Å². The van der Waals surface area contributed by atoms with E-state index >= 15 is 0 Å². The molecule has 1 aromatic heterocycles. The van der Waals surface area contributed by atoms with Gasteiger partial charge in [-0.05, 0) is 43.4 Å². The van der Waals surface area contributed by atoms with Gasteiger partial charge in [0.2, 0.25) is 0 Å². The van der Waals surface area contributed by atoms with Crippen LogP contribution in [-0.4, -0.2) is 27.4 Å². The molecule has 1 fully saturated rings. The summed E-state index contributed by atoms with van der Waals surface area (Å²) in [6.07, 6.45) is 2.01. The molecule has 1 N–H and O–H groups in total. The molecule has 2 aromatic rings. The SMILES string of the molecule is Cc1cccc(C)c1C1CCCN1C(=O)c1csc(CO)n1. The van der Waals surface area contributed by atoms with Crippen molar-refractivity contribution in [2.75, 3.05) is 6.54 Å². The van der Waals surface area contributed by atoms with Crippen molar-refractivity contribution in [3.05, 3.63) is 51.0 Å². The number of aliphatic hydroxyl groups excluding tert-OH is 1. The summed E-state index contributed by atoms with van der Waals surface area (Å²) in [4.78, 5) is 18.9. The minimum absolute atomic E-state index is 0.0268. The number of amides is 1. The maximum absolute atomic E-state index is 12.8. The molecule has 5 heteroatoms. The summed E-state index contributed by atoms with van der Waals surface area (Å²) in [5, 5.41) is 11.5. The minimum atomic E-state index is -0.113. The van der Waals surface area contributed by atoms with Crippen LogP contribution in [-0.2, 0) is 6.61 Å². The van der Waals surface area contributed by atoms with E-state index in [0.717, 1.165) is 19.4 Å². The molecular formula is C17H20N2O2S. The van der Waals surface area contributed by atoms with E-state index < -0.39 is 0 Å². The van der Waals surface area contributed by atoms with Crippen LogP contribution in [0.3, 0.4) is 0 Å². The highest BCUT2D eigenvalue weighted by atomic mass is 32.1. The van der Waals surface area contributed by atoms with Gasteiger partial charge in [-0.2, -0.15) is 0 Å². The van der Waals surface area contributed by atoms with Gasteiger partial charge >= 0.3 is 0 Å². The Hall–Kier alpha value is -1.72. The second kappa shape index (κ2) is 6.18. The fourth-order valence-corrected chi connectivity index (χ4v) is 3.92. The zero-order valence-corrected chi connectivity index (χ0v) is 13.7. The van der Waals surface area contributed by atoms with Gasteiger partial charge in [-0.15, -0.1) is 11.3 Å². The average Bonchev–Trinajstić information content (AvgIpc) is 3.15. The minimum Gasteiger partial charge on any atom is -0.389 e. The molecule has 1 aliphatic rings. The zero-order chi connectivity index (χ0) is 15.7. The number of rotatable bonds is 3. The number of likely N-dealkylation sites (tertiary alicyclic amines) is 1. The number of hydrogen-bond donors (Lipinski definition) is 1. The summed E-state index contributed by atoms with van der Waals surface area (Å²) < 4.78 is 0. The van der Waals surface area contributed by atoms with Crippen LogP contribution < -0.4 is 0 Å². The molecule has 4 nitrogen and oxygen atoms in total. The summed E-state index contributed by atoms with van der Waals surface area (Å²) in [6, 6.07) is 6.41. The van der Waals surface area contributed by atoms with E-state index in [2.05, 4.69) is 37.0 Å². The van der Waals surface area contributed by atoms with Crippen LogP contribution in [0.2, 0.25) is 0 Å². The van der Waals surface area contributed by atoms with E-state index in [-0.39, 0.29) is 18.6 Å². The largest absolute Gasteiger partial charge is 0.389 e. The molecule has 1 atom stereocenters. The Morgan fingerprint density at radius 1 is 1.41 bits per heavy atom. The molecule has 1 aliphatic heterocycles. The van der Waals surface area contributed by atoms with Crippen molar-refractivity contribution in [1.82, 2.24) is 9.88 Å². The summed E-state index contributed by atoms with van der Waals surface area (Å²) >= 11 is 1.33. The number of thiazole rings is 1. The Morgan fingerprint density at radius 3 is 2.77 bits per heavy atom. The molecule has 1 unspecified atom stereocenters. The second-order valence-corrected chi connectivity index (χ2v) is 6.69. The molecule has 1 aromatic carbocycles. The molecule has 3 rings (SSSR count). The molecule has 1 amide bonds. The van der Waals surface area contributed by atoms with Gasteiger partial charge in [-0.1, -0.05) is 18.2 Å². The molecule has 22 heavy (non-hydrogen) atoms. The Bertz CT molecular complexity index is 675. The smallest absolute Gasteiger partial charge is 0.273 e. The molecule has 116 valence electrons. The van der Waals surface area contributed by atoms with Gasteiger partial charge in [0.15, 0.2) is 0 Å². The highest BCUT2D eigenvalue weighted by Gasteiger charge is 2.33. The predicted molar refractivity (Wildman–Crippen MR) is 87.0 cm³/mol. The Morgan fingerprint density at radius 2 is 2.14 bits per heavy atom. The van der Waals surface area contributed by atoms with E-state index in [4.69, 9.17) is 5.11 Å². The molecule has 0 spiro atoms. The van der Waals surface area contributed by atoms with Gasteiger partial charge in [0.1, 0.15) is 10.7 Å². The van der Waals surface area contributed by atoms with E-state index in [1.807, 2.05) is 4.90 Å².